The van der Waals surface area contributed by atoms with Gasteiger partial charge in [-0.25, -0.2) is 4.79 Å². The van der Waals surface area contributed by atoms with E-state index in [-0.39, 0.29) is 11.0 Å². The van der Waals surface area contributed by atoms with Crippen LogP contribution in [0.15, 0.2) is 47.4 Å². The van der Waals surface area contributed by atoms with Gasteiger partial charge >= 0.3 is 5.97 Å². The predicted molar refractivity (Wildman–Crippen MR) is 77.5 cm³/mol. The first-order chi connectivity index (χ1) is 9.63. The Balaban J connectivity index is 2.62. The smallest absolute Gasteiger partial charge is 0.344 e. The van der Waals surface area contributed by atoms with Crippen LogP contribution in [0.2, 0.25) is 5.02 Å². The third-order valence-electron chi connectivity index (χ3n) is 3.20. The highest BCUT2D eigenvalue weighted by atomic mass is 35.5. The van der Waals surface area contributed by atoms with E-state index in [2.05, 4.69) is 0 Å². The van der Waals surface area contributed by atoms with Crippen molar-refractivity contribution in [3.63, 3.8) is 0 Å². The lowest BCUT2D eigenvalue weighted by atomic mass is 10.1. The van der Waals surface area contributed by atoms with Crippen LogP contribution in [0.1, 0.15) is 10.4 Å². The molecule has 4 nitrogen and oxygen atoms in total. The van der Waals surface area contributed by atoms with Crippen LogP contribution < -0.4 is 5.43 Å². The molecule has 0 atom stereocenters. The summed E-state index contributed by atoms with van der Waals surface area (Å²) in [5.41, 5.74) is 0.836. The van der Waals surface area contributed by atoms with E-state index in [4.69, 9.17) is 16.3 Å². The third kappa shape index (κ3) is 1.77. The van der Waals surface area contributed by atoms with Gasteiger partial charge in [-0.3, -0.25) is 4.79 Å². The number of pyridine rings is 2. The maximum absolute atomic E-state index is 12.5. The van der Waals surface area contributed by atoms with E-state index in [9.17, 15) is 9.59 Å². The molecule has 3 aromatic rings. The summed E-state index contributed by atoms with van der Waals surface area (Å²) in [5.74, 6) is -0.643. The molecule has 2 aromatic heterocycles. The highest BCUT2D eigenvalue weighted by molar-refractivity contribution is 6.31. The number of halogens is 1. The molecule has 20 heavy (non-hydrogen) atoms. The van der Waals surface area contributed by atoms with Gasteiger partial charge < -0.3 is 9.14 Å². The van der Waals surface area contributed by atoms with Gasteiger partial charge in [-0.2, -0.15) is 0 Å². The van der Waals surface area contributed by atoms with Crippen molar-refractivity contribution in [1.82, 2.24) is 4.40 Å². The molecule has 0 bridgehead atoms. The van der Waals surface area contributed by atoms with E-state index in [1.807, 2.05) is 6.07 Å². The number of aromatic nitrogens is 1. The van der Waals surface area contributed by atoms with Gasteiger partial charge in [0.05, 0.1) is 18.1 Å². The Hall–Kier alpha value is -2.33. The van der Waals surface area contributed by atoms with Gasteiger partial charge in [0.15, 0.2) is 0 Å². The number of carbonyl (C=O) groups excluding carboxylic acids is 1. The van der Waals surface area contributed by atoms with Crippen LogP contribution in [0.4, 0.5) is 0 Å². The number of rotatable bonds is 1. The lowest BCUT2D eigenvalue weighted by molar-refractivity contribution is 0.0601. The van der Waals surface area contributed by atoms with E-state index in [1.54, 1.807) is 40.9 Å². The second kappa shape index (κ2) is 4.65. The second-order valence-electron chi connectivity index (χ2n) is 4.31. The van der Waals surface area contributed by atoms with Crippen molar-refractivity contribution in [3.8, 4) is 0 Å². The van der Waals surface area contributed by atoms with E-state index in [0.717, 1.165) is 0 Å². The molecule has 0 N–H and O–H groups in total. The molecule has 0 saturated heterocycles. The minimum Gasteiger partial charge on any atom is -0.465 e. The van der Waals surface area contributed by atoms with Gasteiger partial charge in [0.1, 0.15) is 5.56 Å². The zero-order chi connectivity index (χ0) is 14.3. The summed E-state index contributed by atoms with van der Waals surface area (Å²) in [5, 5.41) is 0.957. The van der Waals surface area contributed by atoms with Gasteiger partial charge in [0.2, 0.25) is 5.43 Å². The summed E-state index contributed by atoms with van der Waals surface area (Å²) in [6.45, 7) is 0. The van der Waals surface area contributed by atoms with Gasteiger partial charge in [-0.05, 0) is 30.3 Å². The lowest BCUT2D eigenvalue weighted by Crippen LogP contribution is -2.19. The summed E-state index contributed by atoms with van der Waals surface area (Å²) >= 11 is 5.99. The van der Waals surface area contributed by atoms with E-state index in [1.165, 1.54) is 7.11 Å². The highest BCUT2D eigenvalue weighted by Crippen LogP contribution is 2.21. The number of benzene rings is 1. The number of nitrogens with zero attached hydrogens (tertiary/aromatic N) is 1. The Labute approximate surface area is 119 Å². The number of carbonyl (C=O) groups is 1. The van der Waals surface area contributed by atoms with Gasteiger partial charge in [-0.15, -0.1) is 0 Å². The summed E-state index contributed by atoms with van der Waals surface area (Å²) in [6.07, 6.45) is 1.78. The number of fused-ring (bicyclic) bond motifs is 3. The molecule has 0 aliphatic heterocycles. The zero-order valence-corrected chi connectivity index (χ0v) is 11.3. The molecule has 3 rings (SSSR count). The van der Waals surface area contributed by atoms with Crippen molar-refractivity contribution in [2.45, 2.75) is 0 Å². The maximum atomic E-state index is 12.5. The van der Waals surface area contributed by atoms with Gasteiger partial charge in [-0.1, -0.05) is 17.7 Å². The van der Waals surface area contributed by atoms with Crippen LogP contribution in [0.3, 0.4) is 0 Å². The van der Waals surface area contributed by atoms with E-state index >= 15 is 0 Å². The average molecular weight is 288 g/mol. The van der Waals surface area contributed by atoms with E-state index < -0.39 is 5.97 Å². The SMILES string of the molecule is COC(=O)c1c(=O)c2ccc(Cl)cc2n2ccccc12. The first kappa shape index (κ1) is 12.7. The summed E-state index contributed by atoms with van der Waals surface area (Å²) in [7, 11) is 1.26. The fourth-order valence-electron chi connectivity index (χ4n) is 2.30. The van der Waals surface area contributed by atoms with Crippen molar-refractivity contribution >= 4 is 34.0 Å². The number of methoxy groups -OCH3 is 1. The number of ether oxygens (including phenoxy) is 1. The highest BCUT2D eigenvalue weighted by Gasteiger charge is 2.18. The van der Waals surface area contributed by atoms with E-state index in [0.29, 0.717) is 21.4 Å². The molecule has 0 saturated carbocycles. The monoisotopic (exact) mass is 287 g/mol. The van der Waals surface area contributed by atoms with Gasteiger partial charge in [0, 0.05) is 16.6 Å². The minimum absolute atomic E-state index is 0.0305. The van der Waals surface area contributed by atoms with Crippen molar-refractivity contribution < 1.29 is 9.53 Å². The maximum Gasteiger partial charge on any atom is 0.344 e. The molecule has 0 aliphatic carbocycles. The molecule has 5 heteroatoms. The van der Waals surface area contributed by atoms with Crippen LogP contribution in [0.5, 0.6) is 0 Å². The number of hydrogen-bond acceptors (Lipinski definition) is 3. The molecule has 0 spiro atoms. The number of esters is 1. The molecule has 2 heterocycles. The Morgan fingerprint density at radius 3 is 2.75 bits per heavy atom. The molecule has 100 valence electrons. The molecule has 0 fully saturated rings. The largest absolute Gasteiger partial charge is 0.465 e. The Morgan fingerprint density at radius 2 is 2.00 bits per heavy atom. The third-order valence-corrected chi connectivity index (χ3v) is 3.43. The topological polar surface area (TPSA) is 47.8 Å². The van der Waals surface area contributed by atoms with Crippen LogP contribution in [0, 0.1) is 0 Å². The zero-order valence-electron chi connectivity index (χ0n) is 10.6. The molecule has 0 amide bonds. The average Bonchev–Trinajstić information content (AvgIpc) is 2.47. The normalized spacial score (nSPS) is 10.9. The Bertz CT molecular complexity index is 899. The molecule has 0 aliphatic rings. The first-order valence-corrected chi connectivity index (χ1v) is 6.32. The van der Waals surface area contributed by atoms with Crippen LogP contribution in [0.25, 0.3) is 16.4 Å². The minimum atomic E-state index is -0.643. The second-order valence-corrected chi connectivity index (χ2v) is 4.75. The van der Waals surface area contributed by atoms with Crippen LogP contribution in [-0.2, 0) is 4.74 Å². The van der Waals surface area contributed by atoms with Crippen molar-refractivity contribution in [3.05, 3.63) is 63.4 Å². The van der Waals surface area contributed by atoms with Gasteiger partial charge in [0.25, 0.3) is 0 Å². The molecular weight excluding hydrogens is 278 g/mol. The lowest BCUT2D eigenvalue weighted by Gasteiger charge is -2.10. The van der Waals surface area contributed by atoms with Crippen LogP contribution >= 0.6 is 11.6 Å². The quantitative estimate of drug-likeness (QED) is 0.511. The van der Waals surface area contributed by atoms with Crippen molar-refractivity contribution in [2.24, 2.45) is 0 Å². The number of hydrogen-bond donors (Lipinski definition) is 0. The molecule has 0 unspecified atom stereocenters. The van der Waals surface area contributed by atoms with Crippen LogP contribution in [-0.4, -0.2) is 17.5 Å². The predicted octanol–water partition coefficient (Wildman–Crippen LogP) is 2.89. The molecule has 0 radical (unpaired) electrons. The van der Waals surface area contributed by atoms with Crippen molar-refractivity contribution in [1.29, 1.82) is 0 Å². The molecular formula is C15H10ClNO3. The summed E-state index contributed by atoms with van der Waals surface area (Å²) in [6, 6.07) is 10.2. The molecule has 1 aromatic carbocycles. The fraction of sp³-hybridized carbons (Fsp3) is 0.0667. The standard InChI is InChI=1S/C15H10ClNO3/c1-20-15(19)13-11-4-2-3-7-17(11)12-8-9(16)5-6-10(12)14(13)18/h2-8H,1H3. The Morgan fingerprint density at radius 1 is 1.20 bits per heavy atom. The summed E-state index contributed by atoms with van der Waals surface area (Å²) in [4.78, 5) is 24.4. The first-order valence-electron chi connectivity index (χ1n) is 5.94. The van der Waals surface area contributed by atoms with Crippen molar-refractivity contribution in [2.75, 3.05) is 7.11 Å². The Kier molecular flexibility index (Phi) is 2.95. The fourth-order valence-corrected chi connectivity index (χ4v) is 2.47. The summed E-state index contributed by atoms with van der Waals surface area (Å²) < 4.78 is 6.48.